The van der Waals surface area contributed by atoms with Gasteiger partial charge in [0.05, 0.1) is 18.3 Å². The largest absolute Gasteiger partial charge is 0.463 e. The van der Waals surface area contributed by atoms with Crippen LogP contribution in [0, 0.1) is 5.92 Å². The SMILES string of the molecule is CCCCCCCCCCCCCCCC(=O)OC[C@H](O)COC(=O)CCC/C=C\C[C@H]1[C@@H](O)CC(O)O[C@@H]1/C=C/[C@@H](O)CCCCC. The van der Waals surface area contributed by atoms with E-state index in [0.29, 0.717) is 32.1 Å². The Balaban J connectivity index is 2.10. The van der Waals surface area contributed by atoms with Gasteiger partial charge in [-0.2, -0.15) is 0 Å². The van der Waals surface area contributed by atoms with Crippen molar-refractivity contribution in [1.82, 2.24) is 0 Å². The first kappa shape index (κ1) is 44.2. The highest BCUT2D eigenvalue weighted by Gasteiger charge is 2.35. The number of aliphatic hydroxyl groups excluding tert-OH is 4. The molecule has 1 fully saturated rings. The molecule has 4 N–H and O–H groups in total. The van der Waals surface area contributed by atoms with Crippen molar-refractivity contribution >= 4 is 11.9 Å². The summed E-state index contributed by atoms with van der Waals surface area (Å²) in [7, 11) is 0. The van der Waals surface area contributed by atoms with Crippen LogP contribution in [-0.4, -0.2) is 76.3 Å². The van der Waals surface area contributed by atoms with Crippen molar-refractivity contribution in [3.05, 3.63) is 24.3 Å². The van der Waals surface area contributed by atoms with Crippen LogP contribution in [-0.2, 0) is 23.8 Å². The predicted octanol–water partition coefficient (Wildman–Crippen LogP) is 7.61. The Morgan fingerprint density at radius 1 is 0.729 bits per heavy atom. The number of unbranched alkanes of at least 4 members (excludes halogenated alkanes) is 15. The van der Waals surface area contributed by atoms with Gasteiger partial charge in [0.1, 0.15) is 19.3 Å². The highest BCUT2D eigenvalue weighted by atomic mass is 16.6. The number of aliphatic hydroxyl groups is 4. The van der Waals surface area contributed by atoms with Crippen molar-refractivity contribution in [3.63, 3.8) is 0 Å². The molecule has 280 valence electrons. The maximum atomic E-state index is 12.1. The second kappa shape index (κ2) is 30.1. The van der Waals surface area contributed by atoms with Gasteiger partial charge in [-0.25, -0.2) is 0 Å². The summed E-state index contributed by atoms with van der Waals surface area (Å²) in [4.78, 5) is 24.1. The van der Waals surface area contributed by atoms with E-state index in [1.165, 1.54) is 64.2 Å². The fourth-order valence-electron chi connectivity index (χ4n) is 5.95. The lowest BCUT2D eigenvalue weighted by molar-refractivity contribution is -0.199. The average Bonchev–Trinajstić information content (AvgIpc) is 3.06. The van der Waals surface area contributed by atoms with Crippen LogP contribution in [0.15, 0.2) is 24.3 Å². The topological polar surface area (TPSA) is 143 Å². The van der Waals surface area contributed by atoms with Crippen LogP contribution in [0.3, 0.4) is 0 Å². The zero-order chi connectivity index (χ0) is 35.2. The smallest absolute Gasteiger partial charge is 0.305 e. The first-order valence-corrected chi connectivity index (χ1v) is 19.3. The molecule has 48 heavy (non-hydrogen) atoms. The summed E-state index contributed by atoms with van der Waals surface area (Å²) >= 11 is 0. The molecule has 1 rings (SSSR count). The van der Waals surface area contributed by atoms with Gasteiger partial charge in [-0.1, -0.05) is 134 Å². The molecule has 1 aliphatic heterocycles. The van der Waals surface area contributed by atoms with Crippen molar-refractivity contribution < 1.29 is 44.2 Å². The monoisotopic (exact) mass is 683 g/mol. The van der Waals surface area contributed by atoms with Gasteiger partial charge in [0.15, 0.2) is 6.29 Å². The zero-order valence-electron chi connectivity index (χ0n) is 30.3. The van der Waals surface area contributed by atoms with E-state index >= 15 is 0 Å². The minimum atomic E-state index is -1.05. The minimum absolute atomic E-state index is 0.137. The second-order valence-electron chi connectivity index (χ2n) is 13.6. The Labute approximate surface area is 291 Å². The molecule has 9 nitrogen and oxygen atoms in total. The summed E-state index contributed by atoms with van der Waals surface area (Å²) in [5, 5.41) is 40.7. The van der Waals surface area contributed by atoms with Crippen LogP contribution in [0.5, 0.6) is 0 Å². The third kappa shape index (κ3) is 24.4. The van der Waals surface area contributed by atoms with Gasteiger partial charge in [-0.15, -0.1) is 0 Å². The molecule has 0 aromatic rings. The van der Waals surface area contributed by atoms with E-state index in [2.05, 4.69) is 13.8 Å². The van der Waals surface area contributed by atoms with E-state index in [-0.39, 0.29) is 37.9 Å². The van der Waals surface area contributed by atoms with Crippen LogP contribution in [0.25, 0.3) is 0 Å². The quantitative estimate of drug-likeness (QED) is 0.0342. The lowest BCUT2D eigenvalue weighted by Gasteiger charge is -2.36. The summed E-state index contributed by atoms with van der Waals surface area (Å²) in [6, 6.07) is 0. The predicted molar refractivity (Wildman–Crippen MR) is 190 cm³/mol. The summed E-state index contributed by atoms with van der Waals surface area (Å²) in [5.41, 5.74) is 0. The van der Waals surface area contributed by atoms with E-state index in [0.717, 1.165) is 38.5 Å². The molecule has 0 amide bonds. The first-order valence-electron chi connectivity index (χ1n) is 19.3. The van der Waals surface area contributed by atoms with Gasteiger partial charge in [-0.05, 0) is 32.1 Å². The number of hydrogen-bond acceptors (Lipinski definition) is 9. The molecule has 1 unspecified atom stereocenters. The molecule has 0 radical (unpaired) electrons. The molecule has 1 saturated heterocycles. The average molecular weight is 683 g/mol. The molecule has 0 spiro atoms. The van der Waals surface area contributed by atoms with Crippen molar-refractivity contribution in [2.45, 2.75) is 192 Å². The number of carbonyl (C=O) groups is 2. The van der Waals surface area contributed by atoms with Crippen molar-refractivity contribution in [2.24, 2.45) is 5.92 Å². The zero-order valence-corrected chi connectivity index (χ0v) is 30.3. The van der Waals surface area contributed by atoms with E-state index in [1.807, 2.05) is 12.2 Å². The molecule has 0 aliphatic carbocycles. The Morgan fingerprint density at radius 3 is 1.83 bits per heavy atom. The Morgan fingerprint density at radius 2 is 1.25 bits per heavy atom. The highest BCUT2D eigenvalue weighted by Crippen LogP contribution is 2.29. The molecular formula is C39H70O9. The number of rotatable bonds is 30. The lowest BCUT2D eigenvalue weighted by atomic mass is 9.87. The number of esters is 2. The molecule has 9 heteroatoms. The summed E-state index contributed by atoms with van der Waals surface area (Å²) in [6.45, 7) is 3.96. The third-order valence-corrected chi connectivity index (χ3v) is 8.98. The maximum absolute atomic E-state index is 12.1. The minimum Gasteiger partial charge on any atom is -0.463 e. The Kier molecular flexibility index (Phi) is 27.7. The van der Waals surface area contributed by atoms with Gasteiger partial charge < -0.3 is 34.6 Å². The molecular weight excluding hydrogens is 612 g/mol. The number of hydrogen-bond donors (Lipinski definition) is 4. The van der Waals surface area contributed by atoms with E-state index < -0.39 is 36.7 Å². The third-order valence-electron chi connectivity index (χ3n) is 8.98. The number of carbonyl (C=O) groups excluding carboxylic acids is 2. The van der Waals surface area contributed by atoms with Crippen molar-refractivity contribution in [1.29, 1.82) is 0 Å². The summed E-state index contributed by atoms with van der Waals surface area (Å²) < 4.78 is 15.9. The number of ether oxygens (including phenoxy) is 3. The van der Waals surface area contributed by atoms with E-state index in [1.54, 1.807) is 12.2 Å². The van der Waals surface area contributed by atoms with Crippen LogP contribution < -0.4 is 0 Å². The van der Waals surface area contributed by atoms with Crippen LogP contribution in [0.2, 0.25) is 0 Å². The molecule has 0 aromatic carbocycles. The fraction of sp³-hybridized carbons (Fsp3) is 0.846. The second-order valence-corrected chi connectivity index (χ2v) is 13.6. The number of allylic oxidation sites excluding steroid dienone is 2. The van der Waals surface area contributed by atoms with Gasteiger partial charge in [0, 0.05) is 25.2 Å². The normalized spacial score (nSPS) is 21.1. The first-order chi connectivity index (χ1) is 23.3. The highest BCUT2D eigenvalue weighted by molar-refractivity contribution is 5.69. The van der Waals surface area contributed by atoms with Crippen LogP contribution in [0.1, 0.15) is 162 Å². The molecule has 1 aliphatic rings. The van der Waals surface area contributed by atoms with Crippen LogP contribution >= 0.6 is 0 Å². The van der Waals surface area contributed by atoms with Crippen molar-refractivity contribution in [2.75, 3.05) is 13.2 Å². The molecule has 0 bridgehead atoms. The Bertz CT molecular complexity index is 845. The van der Waals surface area contributed by atoms with Crippen molar-refractivity contribution in [3.8, 4) is 0 Å². The molecule has 0 aromatic heterocycles. The van der Waals surface area contributed by atoms with E-state index in [4.69, 9.17) is 14.2 Å². The standard InChI is InChI=1S/C39H70O9/c1-3-5-7-8-9-10-11-12-13-14-15-16-21-25-37(43)46-30-33(41)31-47-38(44)26-22-18-17-20-24-34-35(42)29-39(45)48-36(34)28-27-32(40)23-19-6-4-2/h17,20,27-28,32-36,39-42,45H,3-16,18-19,21-26,29-31H2,1-2H3/b20-17-,28-27+/t32-,33-,34-,35-,36+,39?/m0/s1. The molecule has 0 saturated carbocycles. The van der Waals surface area contributed by atoms with Gasteiger partial charge in [0.25, 0.3) is 0 Å². The molecule has 6 atom stereocenters. The van der Waals surface area contributed by atoms with Crippen LogP contribution in [0.4, 0.5) is 0 Å². The lowest BCUT2D eigenvalue weighted by Crippen LogP contribution is -2.43. The van der Waals surface area contributed by atoms with Gasteiger partial charge in [0.2, 0.25) is 0 Å². The summed E-state index contributed by atoms with van der Waals surface area (Å²) in [5.74, 6) is -1.01. The van der Waals surface area contributed by atoms with E-state index in [9.17, 15) is 30.0 Å². The van der Waals surface area contributed by atoms with Gasteiger partial charge in [-0.3, -0.25) is 9.59 Å². The fourth-order valence-corrected chi connectivity index (χ4v) is 5.95. The summed E-state index contributed by atoms with van der Waals surface area (Å²) in [6.07, 6.45) is 25.7. The Hall–Kier alpha value is -1.78. The molecule has 1 heterocycles. The van der Waals surface area contributed by atoms with Gasteiger partial charge >= 0.3 is 11.9 Å². The maximum Gasteiger partial charge on any atom is 0.305 e.